The summed E-state index contributed by atoms with van der Waals surface area (Å²) in [6.07, 6.45) is 3.89. The Balaban J connectivity index is 1.27. The monoisotopic (exact) mass is 430 g/mol. The lowest BCUT2D eigenvalue weighted by molar-refractivity contribution is 0.0898. The van der Waals surface area contributed by atoms with E-state index in [4.69, 9.17) is 4.98 Å². The summed E-state index contributed by atoms with van der Waals surface area (Å²) >= 11 is 1.60. The highest BCUT2D eigenvalue weighted by molar-refractivity contribution is 7.23. The molecule has 2 N–H and O–H groups in total. The number of nitrogens with zero attached hydrogens (tertiary/aromatic N) is 2. The van der Waals surface area contributed by atoms with Crippen LogP contribution >= 0.6 is 11.3 Å². The standard InChI is InChI=1S/C24H22N4O2S/c1-25-23(30)14-4-2-13(3-5-14)19-12-28-20-7-6-15(9-22(20)31-24(28)27-19)21(29)10-17-16-8-18(17)26-11-16/h2-7,9,12,16-18,26H,8,10-11H2,1H3,(H,25,30)/t16-,17+,18-/m1/s1. The van der Waals surface area contributed by atoms with Crippen molar-refractivity contribution in [3.05, 3.63) is 59.8 Å². The van der Waals surface area contributed by atoms with Crippen molar-refractivity contribution in [3.8, 4) is 11.3 Å². The van der Waals surface area contributed by atoms with Gasteiger partial charge in [0.25, 0.3) is 5.91 Å². The average molecular weight is 431 g/mol. The average Bonchev–Trinajstić information content (AvgIpc) is 3.57. The van der Waals surface area contributed by atoms with Crippen molar-refractivity contribution in [2.45, 2.75) is 18.9 Å². The van der Waals surface area contributed by atoms with Gasteiger partial charge in [-0.3, -0.25) is 14.0 Å². The number of imidazole rings is 1. The van der Waals surface area contributed by atoms with Crippen LogP contribution in [0.5, 0.6) is 0 Å². The predicted octanol–water partition coefficient (Wildman–Crippen LogP) is 3.76. The normalized spacial score (nSPS) is 22.0. The molecule has 6 nitrogen and oxygen atoms in total. The zero-order valence-electron chi connectivity index (χ0n) is 17.1. The number of nitrogens with one attached hydrogen (secondary N) is 2. The summed E-state index contributed by atoms with van der Waals surface area (Å²) < 4.78 is 3.15. The van der Waals surface area contributed by atoms with Gasteiger partial charge in [-0.05, 0) is 55.1 Å². The first-order valence-electron chi connectivity index (χ1n) is 10.6. The number of benzene rings is 2. The minimum Gasteiger partial charge on any atom is -0.355 e. The Morgan fingerprint density at radius 2 is 2.00 bits per heavy atom. The number of hydrogen-bond donors (Lipinski definition) is 2. The van der Waals surface area contributed by atoms with Crippen molar-refractivity contribution in [3.63, 3.8) is 0 Å². The summed E-state index contributed by atoms with van der Waals surface area (Å²) in [7, 11) is 1.62. The first kappa shape index (κ1) is 18.7. The van der Waals surface area contributed by atoms with Crippen LogP contribution in [-0.2, 0) is 0 Å². The second-order valence-electron chi connectivity index (χ2n) is 8.52. The minimum atomic E-state index is -0.102. The molecule has 2 bridgehead atoms. The molecule has 0 unspecified atom stereocenters. The van der Waals surface area contributed by atoms with Gasteiger partial charge < -0.3 is 10.6 Å². The van der Waals surface area contributed by atoms with Gasteiger partial charge in [-0.1, -0.05) is 23.5 Å². The Labute approximate surface area is 183 Å². The fraction of sp³-hybridized carbons (Fsp3) is 0.292. The first-order valence-corrected chi connectivity index (χ1v) is 11.4. The van der Waals surface area contributed by atoms with Crippen LogP contribution in [0, 0.1) is 11.8 Å². The van der Waals surface area contributed by atoms with Crippen LogP contribution in [0.4, 0.5) is 0 Å². The Bertz CT molecular complexity index is 1320. The lowest BCUT2D eigenvalue weighted by Crippen LogP contribution is -2.38. The quantitative estimate of drug-likeness (QED) is 0.473. The summed E-state index contributed by atoms with van der Waals surface area (Å²) in [6.45, 7) is 1.07. The van der Waals surface area contributed by atoms with Crippen LogP contribution < -0.4 is 10.6 Å². The molecule has 0 spiro atoms. The molecule has 3 fully saturated rings. The van der Waals surface area contributed by atoms with Crippen LogP contribution in [0.25, 0.3) is 26.4 Å². The Morgan fingerprint density at radius 3 is 2.71 bits per heavy atom. The van der Waals surface area contributed by atoms with E-state index in [1.54, 1.807) is 30.5 Å². The molecule has 2 aromatic carbocycles. The third kappa shape index (κ3) is 2.99. The maximum Gasteiger partial charge on any atom is 0.251 e. The van der Waals surface area contributed by atoms with E-state index in [1.165, 1.54) is 6.42 Å². The number of fused-ring (bicyclic) bond motifs is 4. The molecule has 1 aliphatic carbocycles. The second-order valence-corrected chi connectivity index (χ2v) is 9.53. The van der Waals surface area contributed by atoms with Gasteiger partial charge in [0, 0.05) is 42.4 Å². The molecule has 4 aromatic rings. The molecule has 2 saturated heterocycles. The van der Waals surface area contributed by atoms with Gasteiger partial charge in [0.2, 0.25) is 0 Å². The topological polar surface area (TPSA) is 75.5 Å². The van der Waals surface area contributed by atoms with Crippen molar-refractivity contribution in [1.29, 1.82) is 0 Å². The van der Waals surface area contributed by atoms with Gasteiger partial charge in [0.1, 0.15) is 0 Å². The van der Waals surface area contributed by atoms with Gasteiger partial charge in [-0.2, -0.15) is 0 Å². The van der Waals surface area contributed by atoms with Crippen molar-refractivity contribution < 1.29 is 9.59 Å². The van der Waals surface area contributed by atoms with Gasteiger partial charge in [-0.25, -0.2) is 4.98 Å². The number of carbonyl (C=O) groups excluding carboxylic acids is 2. The van der Waals surface area contributed by atoms with E-state index in [0.717, 1.165) is 38.5 Å². The minimum absolute atomic E-state index is 0.102. The third-order valence-corrected chi connectivity index (χ3v) is 7.85. The number of hydrogen-bond acceptors (Lipinski definition) is 5. The molecule has 1 saturated carbocycles. The Morgan fingerprint density at radius 1 is 1.19 bits per heavy atom. The highest BCUT2D eigenvalue weighted by Crippen LogP contribution is 2.42. The number of aromatic nitrogens is 2. The highest BCUT2D eigenvalue weighted by Gasteiger charge is 2.47. The van der Waals surface area contributed by atoms with E-state index in [0.29, 0.717) is 29.9 Å². The summed E-state index contributed by atoms with van der Waals surface area (Å²) in [5.74, 6) is 1.34. The Kier molecular flexibility index (Phi) is 4.23. The van der Waals surface area contributed by atoms with Crippen LogP contribution in [-0.4, -0.2) is 40.7 Å². The van der Waals surface area contributed by atoms with E-state index in [-0.39, 0.29) is 11.7 Å². The number of carbonyl (C=O) groups is 2. The molecule has 1 amide bonds. The van der Waals surface area contributed by atoms with E-state index in [2.05, 4.69) is 15.0 Å². The molecule has 4 heterocycles. The molecule has 156 valence electrons. The fourth-order valence-electron chi connectivity index (χ4n) is 4.97. The van der Waals surface area contributed by atoms with Gasteiger partial charge in [-0.15, -0.1) is 0 Å². The second kappa shape index (κ2) is 7.00. The zero-order chi connectivity index (χ0) is 21.1. The van der Waals surface area contributed by atoms with Crippen molar-refractivity contribution in [2.75, 3.05) is 13.6 Å². The molecular weight excluding hydrogens is 408 g/mol. The SMILES string of the molecule is CNC(=O)c1ccc(-c2cn3c(n2)sc2cc(C(=O)C[C@H]4[C@H]5CN[C@@H]4C5)ccc23)cc1. The summed E-state index contributed by atoms with van der Waals surface area (Å²) in [5.41, 5.74) is 4.31. The molecule has 3 atom stereocenters. The molecule has 31 heavy (non-hydrogen) atoms. The number of Topliss-reactive ketones (excluding diaryl/α,β-unsaturated/α-hetero) is 1. The molecule has 2 aliphatic heterocycles. The highest BCUT2D eigenvalue weighted by atomic mass is 32.1. The van der Waals surface area contributed by atoms with E-state index < -0.39 is 0 Å². The van der Waals surface area contributed by atoms with E-state index in [9.17, 15) is 9.59 Å². The van der Waals surface area contributed by atoms with Crippen LogP contribution in [0.15, 0.2) is 48.7 Å². The van der Waals surface area contributed by atoms with Crippen molar-refractivity contribution in [1.82, 2.24) is 20.0 Å². The van der Waals surface area contributed by atoms with E-state index in [1.807, 2.05) is 36.5 Å². The summed E-state index contributed by atoms with van der Waals surface area (Å²) in [5, 5.41) is 6.12. The molecule has 2 aromatic heterocycles. The molecular formula is C24H22N4O2S. The maximum absolute atomic E-state index is 12.8. The maximum atomic E-state index is 12.8. The van der Waals surface area contributed by atoms with Crippen LogP contribution in [0.2, 0.25) is 0 Å². The number of amides is 1. The van der Waals surface area contributed by atoms with Gasteiger partial charge in [0.15, 0.2) is 10.7 Å². The van der Waals surface area contributed by atoms with Gasteiger partial charge >= 0.3 is 0 Å². The van der Waals surface area contributed by atoms with E-state index >= 15 is 0 Å². The lowest BCUT2D eigenvalue weighted by Gasteiger charge is -2.33. The Hall–Kier alpha value is -3.03. The molecule has 7 rings (SSSR count). The zero-order valence-corrected chi connectivity index (χ0v) is 17.9. The molecule has 3 aliphatic rings. The number of rotatable bonds is 5. The third-order valence-electron chi connectivity index (χ3n) is 6.83. The summed E-state index contributed by atoms with van der Waals surface area (Å²) in [6, 6.07) is 14.0. The number of thiazole rings is 1. The van der Waals surface area contributed by atoms with Crippen molar-refractivity contribution >= 4 is 38.2 Å². The smallest absolute Gasteiger partial charge is 0.251 e. The predicted molar refractivity (Wildman–Crippen MR) is 122 cm³/mol. The lowest BCUT2D eigenvalue weighted by atomic mass is 9.71. The number of ketones is 1. The fourth-order valence-corrected chi connectivity index (χ4v) is 6.02. The summed E-state index contributed by atoms with van der Waals surface area (Å²) in [4.78, 5) is 30.2. The first-order chi connectivity index (χ1) is 15.1. The molecule has 0 radical (unpaired) electrons. The van der Waals surface area contributed by atoms with Crippen molar-refractivity contribution in [2.24, 2.45) is 11.8 Å². The largest absolute Gasteiger partial charge is 0.355 e. The van der Waals surface area contributed by atoms with Crippen LogP contribution in [0.3, 0.4) is 0 Å². The molecule has 7 heteroatoms. The van der Waals surface area contributed by atoms with Crippen LogP contribution in [0.1, 0.15) is 33.6 Å². The van der Waals surface area contributed by atoms with Gasteiger partial charge in [0.05, 0.1) is 15.9 Å².